The maximum absolute atomic E-state index is 11.2. The lowest BCUT2D eigenvalue weighted by Crippen LogP contribution is -2.42. The number of halogens is 1. The summed E-state index contributed by atoms with van der Waals surface area (Å²) in [6.07, 6.45) is 12.3. The molecule has 4 rings (SSSR count). The molecule has 39 heavy (non-hydrogen) atoms. The van der Waals surface area contributed by atoms with Crippen molar-refractivity contribution in [3.8, 4) is 5.75 Å². The van der Waals surface area contributed by atoms with Crippen molar-refractivity contribution in [1.82, 2.24) is 4.90 Å². The van der Waals surface area contributed by atoms with Gasteiger partial charge in [-0.15, -0.1) is 0 Å². The lowest BCUT2D eigenvalue weighted by Gasteiger charge is -2.38. The van der Waals surface area contributed by atoms with Crippen LogP contribution in [0.2, 0.25) is 5.02 Å². The van der Waals surface area contributed by atoms with Crippen LogP contribution in [0.1, 0.15) is 49.8 Å². The zero-order valence-corrected chi connectivity index (χ0v) is 23.7. The Bertz CT molecular complexity index is 1340. The largest absolute Gasteiger partial charge is 0.509 e. The molecule has 0 atom stereocenters. The highest BCUT2D eigenvalue weighted by atomic mass is 35.5. The van der Waals surface area contributed by atoms with Gasteiger partial charge in [-0.2, -0.15) is 0 Å². The zero-order valence-electron chi connectivity index (χ0n) is 22.9. The molecular weight excluding hydrogens is 506 g/mol. The van der Waals surface area contributed by atoms with E-state index < -0.39 is 5.60 Å². The van der Waals surface area contributed by atoms with Gasteiger partial charge >= 0.3 is 0 Å². The fourth-order valence-electron chi connectivity index (χ4n) is 5.23. The van der Waals surface area contributed by atoms with Gasteiger partial charge in [0, 0.05) is 30.2 Å². The maximum Gasteiger partial charge on any atom is 0.127 e. The molecule has 0 saturated carbocycles. The lowest BCUT2D eigenvalue weighted by atomic mass is 9.84. The Morgan fingerprint density at radius 1 is 1.13 bits per heavy atom. The van der Waals surface area contributed by atoms with Crippen LogP contribution >= 0.6 is 11.6 Å². The second-order valence-corrected chi connectivity index (χ2v) is 10.8. The van der Waals surface area contributed by atoms with Gasteiger partial charge in [-0.05, 0) is 96.9 Å². The van der Waals surface area contributed by atoms with Gasteiger partial charge < -0.3 is 19.8 Å². The normalized spacial score (nSPS) is 20.2. The van der Waals surface area contributed by atoms with Crippen LogP contribution in [0.25, 0.3) is 11.1 Å². The molecule has 0 spiro atoms. The van der Waals surface area contributed by atoms with Crippen molar-refractivity contribution in [3.63, 3.8) is 0 Å². The molecular formula is C34H38ClNO3. The molecule has 2 heterocycles. The summed E-state index contributed by atoms with van der Waals surface area (Å²) in [5, 5.41) is 21.6. The van der Waals surface area contributed by atoms with E-state index in [1.54, 1.807) is 6.08 Å². The summed E-state index contributed by atoms with van der Waals surface area (Å²) in [7, 11) is 0. The summed E-state index contributed by atoms with van der Waals surface area (Å²) in [5.41, 5.74) is 6.14. The number of piperidine rings is 1. The van der Waals surface area contributed by atoms with Crippen LogP contribution < -0.4 is 4.74 Å². The number of aliphatic hydroxyl groups excluding tert-OH is 1. The van der Waals surface area contributed by atoms with Crippen LogP contribution in [-0.2, 0) is 5.60 Å². The second-order valence-electron chi connectivity index (χ2n) is 10.3. The first-order valence-electron chi connectivity index (χ1n) is 13.5. The van der Waals surface area contributed by atoms with Gasteiger partial charge in [0.25, 0.3) is 0 Å². The molecule has 2 aromatic carbocycles. The Labute approximate surface area is 237 Å². The van der Waals surface area contributed by atoms with Gasteiger partial charge in [-0.3, -0.25) is 0 Å². The number of fused-ring (bicyclic) bond motifs is 1. The Balaban J connectivity index is 1.56. The van der Waals surface area contributed by atoms with Crippen molar-refractivity contribution in [2.75, 3.05) is 26.2 Å². The van der Waals surface area contributed by atoms with Gasteiger partial charge in [0.05, 0.1) is 5.60 Å². The first-order chi connectivity index (χ1) is 18.7. The van der Waals surface area contributed by atoms with Crippen LogP contribution in [0.5, 0.6) is 5.75 Å². The van der Waals surface area contributed by atoms with E-state index in [1.165, 1.54) is 0 Å². The van der Waals surface area contributed by atoms with Crippen molar-refractivity contribution < 1.29 is 14.9 Å². The molecule has 1 saturated heterocycles. The van der Waals surface area contributed by atoms with Gasteiger partial charge in [0.2, 0.25) is 0 Å². The molecule has 2 aliphatic rings. The highest BCUT2D eigenvalue weighted by Gasteiger charge is 2.33. The third-order valence-electron chi connectivity index (χ3n) is 7.50. The number of allylic oxidation sites excluding steroid dienone is 6. The summed E-state index contributed by atoms with van der Waals surface area (Å²) in [6, 6.07) is 13.7. The summed E-state index contributed by atoms with van der Waals surface area (Å²) in [4.78, 5) is 2.41. The minimum atomic E-state index is -0.807. The minimum Gasteiger partial charge on any atom is -0.509 e. The molecule has 2 N–H and O–H groups in total. The Morgan fingerprint density at radius 2 is 1.85 bits per heavy atom. The van der Waals surface area contributed by atoms with E-state index in [-0.39, 0.29) is 5.76 Å². The topological polar surface area (TPSA) is 52.9 Å². The number of likely N-dealkylation sites (tertiary alicyclic amines) is 1. The van der Waals surface area contributed by atoms with E-state index in [0.717, 1.165) is 70.8 Å². The van der Waals surface area contributed by atoms with Crippen molar-refractivity contribution in [2.45, 2.75) is 38.7 Å². The second kappa shape index (κ2) is 12.7. The Hall–Kier alpha value is -3.31. The average Bonchev–Trinajstić information content (AvgIpc) is 3.04. The number of rotatable bonds is 7. The van der Waals surface area contributed by atoms with Crippen molar-refractivity contribution in [2.24, 2.45) is 0 Å². The number of hydrogen-bond donors (Lipinski definition) is 2. The van der Waals surface area contributed by atoms with Crippen molar-refractivity contribution in [1.29, 1.82) is 0 Å². The molecule has 0 unspecified atom stereocenters. The number of ether oxygens (including phenoxy) is 1. The van der Waals surface area contributed by atoms with E-state index in [2.05, 4.69) is 36.3 Å². The van der Waals surface area contributed by atoms with E-state index in [1.807, 2.05) is 62.4 Å². The Morgan fingerprint density at radius 3 is 2.51 bits per heavy atom. The van der Waals surface area contributed by atoms with Crippen molar-refractivity contribution in [3.05, 3.63) is 125 Å². The summed E-state index contributed by atoms with van der Waals surface area (Å²) in [5.74, 6) is 0.845. The molecule has 5 heteroatoms. The van der Waals surface area contributed by atoms with Crippen molar-refractivity contribution >= 4 is 22.7 Å². The predicted octanol–water partition coefficient (Wildman–Crippen LogP) is 8.02. The van der Waals surface area contributed by atoms with Crippen LogP contribution in [0.15, 0.2) is 103 Å². The van der Waals surface area contributed by atoms with E-state index in [4.69, 9.17) is 16.3 Å². The number of nitrogens with zero attached hydrogens (tertiary/aromatic N) is 1. The quantitative estimate of drug-likeness (QED) is 0.274. The van der Waals surface area contributed by atoms with E-state index in [9.17, 15) is 10.2 Å². The number of hydrogen-bond acceptors (Lipinski definition) is 4. The number of aliphatic hydroxyl groups is 2. The van der Waals surface area contributed by atoms with Crippen LogP contribution in [0, 0.1) is 0 Å². The monoisotopic (exact) mass is 543 g/mol. The molecule has 2 aliphatic heterocycles. The molecule has 0 radical (unpaired) electrons. The smallest absolute Gasteiger partial charge is 0.127 e. The minimum absolute atomic E-state index is 0.0287. The first-order valence-corrected chi connectivity index (χ1v) is 13.8. The standard InChI is InChI=1S/C34H38ClNO3/c1-5-6-8-30-25(3)23-39-33-15-10-27(24(2)21-26(4)37)22-32(33)31(30)9-7-18-36-19-16-34(38,17-20-36)28-11-13-29(35)14-12-28/h5-6,8-15,21-22,37-38H,3-4,7,16-20,23H2,1-2H3/b6-5-,24-21+,30-8+,31-9+. The van der Waals surface area contributed by atoms with Gasteiger partial charge in [-0.25, -0.2) is 0 Å². The molecule has 204 valence electrons. The molecule has 1 fully saturated rings. The molecule has 2 aromatic rings. The average molecular weight is 544 g/mol. The first kappa shape index (κ1) is 28.7. The molecule has 0 aromatic heterocycles. The Kier molecular flexibility index (Phi) is 9.34. The highest BCUT2D eigenvalue weighted by molar-refractivity contribution is 6.30. The lowest BCUT2D eigenvalue weighted by molar-refractivity contribution is -0.0254. The van der Waals surface area contributed by atoms with Crippen LogP contribution in [0.3, 0.4) is 0 Å². The summed E-state index contributed by atoms with van der Waals surface area (Å²) in [6.45, 7) is 14.8. The maximum atomic E-state index is 11.2. The summed E-state index contributed by atoms with van der Waals surface area (Å²) >= 11 is 6.04. The third kappa shape index (κ3) is 7.02. The summed E-state index contributed by atoms with van der Waals surface area (Å²) < 4.78 is 6.15. The SMILES string of the molecule is C=C(O)/C=C(\C)c1ccc2c(c1)C(=C/CCN1CCC(O)(c3ccc(Cl)cc3)CC1)/C(=C/C=C\C)C(=C)CO2. The predicted molar refractivity (Wildman–Crippen MR) is 163 cm³/mol. The number of benzene rings is 2. The van der Waals surface area contributed by atoms with E-state index >= 15 is 0 Å². The van der Waals surface area contributed by atoms with Crippen LogP contribution in [0.4, 0.5) is 0 Å². The molecule has 4 nitrogen and oxygen atoms in total. The van der Waals surface area contributed by atoms with Gasteiger partial charge in [0.1, 0.15) is 18.1 Å². The van der Waals surface area contributed by atoms with Gasteiger partial charge in [-0.1, -0.05) is 67.3 Å². The van der Waals surface area contributed by atoms with Gasteiger partial charge in [0.15, 0.2) is 0 Å². The fourth-order valence-corrected chi connectivity index (χ4v) is 5.36. The fraction of sp³-hybridized carbons (Fsp3) is 0.294. The van der Waals surface area contributed by atoms with Crippen LogP contribution in [-0.4, -0.2) is 41.4 Å². The zero-order chi connectivity index (χ0) is 28.0. The van der Waals surface area contributed by atoms with E-state index in [0.29, 0.717) is 24.5 Å². The molecule has 0 amide bonds. The molecule has 0 aliphatic carbocycles. The third-order valence-corrected chi connectivity index (χ3v) is 7.75. The highest BCUT2D eigenvalue weighted by Crippen LogP contribution is 2.40. The molecule has 0 bridgehead atoms.